The van der Waals surface area contributed by atoms with Gasteiger partial charge in [0.15, 0.2) is 0 Å². The second-order valence-electron chi connectivity index (χ2n) is 4.58. The standard InChI is InChI=1S/C15H17N3O2S/c1-10-2-4-11(5-3-10)14(19)17-7-8-18-15(20)13-12(16)6-9-21-13/h2-6,9H,7-8,16H2,1H3,(H,17,19)(H,18,20). The average molecular weight is 303 g/mol. The van der Waals surface area contributed by atoms with E-state index < -0.39 is 0 Å². The van der Waals surface area contributed by atoms with E-state index in [0.29, 0.717) is 29.2 Å². The third-order valence-corrected chi connectivity index (χ3v) is 3.84. The predicted molar refractivity (Wildman–Crippen MR) is 84.6 cm³/mol. The number of rotatable bonds is 5. The van der Waals surface area contributed by atoms with Gasteiger partial charge in [0.1, 0.15) is 4.88 Å². The topological polar surface area (TPSA) is 84.2 Å². The van der Waals surface area contributed by atoms with Crippen LogP contribution in [-0.2, 0) is 0 Å². The summed E-state index contributed by atoms with van der Waals surface area (Å²) in [7, 11) is 0. The Kier molecular flexibility index (Phi) is 4.94. The lowest BCUT2D eigenvalue weighted by Crippen LogP contribution is -2.34. The molecule has 1 heterocycles. The molecule has 0 fully saturated rings. The molecule has 0 spiro atoms. The molecule has 2 amide bonds. The van der Waals surface area contributed by atoms with Crippen molar-refractivity contribution >= 4 is 28.8 Å². The maximum Gasteiger partial charge on any atom is 0.263 e. The Bertz CT molecular complexity index is 635. The quantitative estimate of drug-likeness (QED) is 0.736. The highest BCUT2D eigenvalue weighted by atomic mass is 32.1. The molecule has 0 aliphatic heterocycles. The maximum atomic E-state index is 11.8. The molecule has 0 saturated carbocycles. The summed E-state index contributed by atoms with van der Waals surface area (Å²) in [6.07, 6.45) is 0. The molecule has 0 radical (unpaired) electrons. The van der Waals surface area contributed by atoms with Crippen molar-refractivity contribution in [1.82, 2.24) is 10.6 Å². The van der Waals surface area contributed by atoms with Gasteiger partial charge < -0.3 is 16.4 Å². The molecule has 0 aliphatic rings. The van der Waals surface area contributed by atoms with Gasteiger partial charge in [-0.3, -0.25) is 9.59 Å². The molecule has 5 nitrogen and oxygen atoms in total. The first-order chi connectivity index (χ1) is 10.1. The van der Waals surface area contributed by atoms with E-state index in [0.717, 1.165) is 5.56 Å². The van der Waals surface area contributed by atoms with E-state index >= 15 is 0 Å². The van der Waals surface area contributed by atoms with Crippen LogP contribution in [0, 0.1) is 6.92 Å². The summed E-state index contributed by atoms with van der Waals surface area (Å²) in [6.45, 7) is 2.69. The van der Waals surface area contributed by atoms with Crippen molar-refractivity contribution in [3.63, 3.8) is 0 Å². The minimum absolute atomic E-state index is 0.153. The molecular weight excluding hydrogens is 286 g/mol. The molecule has 4 N–H and O–H groups in total. The van der Waals surface area contributed by atoms with Crippen molar-refractivity contribution < 1.29 is 9.59 Å². The zero-order chi connectivity index (χ0) is 15.2. The molecule has 0 aliphatic carbocycles. The number of carbonyl (C=O) groups excluding carboxylic acids is 2. The van der Waals surface area contributed by atoms with Crippen LogP contribution in [0.1, 0.15) is 25.6 Å². The Hall–Kier alpha value is -2.34. The monoisotopic (exact) mass is 303 g/mol. The van der Waals surface area contributed by atoms with E-state index in [1.54, 1.807) is 23.6 Å². The van der Waals surface area contributed by atoms with Crippen LogP contribution in [0.3, 0.4) is 0 Å². The minimum Gasteiger partial charge on any atom is -0.397 e. The number of carbonyl (C=O) groups is 2. The summed E-state index contributed by atoms with van der Waals surface area (Å²) in [5.41, 5.74) is 7.85. The van der Waals surface area contributed by atoms with E-state index in [4.69, 9.17) is 5.73 Å². The molecule has 0 atom stereocenters. The van der Waals surface area contributed by atoms with Gasteiger partial charge >= 0.3 is 0 Å². The van der Waals surface area contributed by atoms with Gasteiger partial charge in [0.25, 0.3) is 11.8 Å². The van der Waals surface area contributed by atoms with E-state index in [-0.39, 0.29) is 11.8 Å². The second kappa shape index (κ2) is 6.90. The Balaban J connectivity index is 1.75. The van der Waals surface area contributed by atoms with Crippen LogP contribution in [0.15, 0.2) is 35.7 Å². The van der Waals surface area contributed by atoms with Crippen LogP contribution in [0.2, 0.25) is 0 Å². The fourth-order valence-electron chi connectivity index (χ4n) is 1.74. The molecular formula is C15H17N3O2S. The van der Waals surface area contributed by atoms with Crippen molar-refractivity contribution in [2.24, 2.45) is 0 Å². The number of nitrogens with one attached hydrogen (secondary N) is 2. The lowest BCUT2D eigenvalue weighted by molar-refractivity contribution is 0.0930. The van der Waals surface area contributed by atoms with Crippen LogP contribution in [0.25, 0.3) is 0 Å². The Morgan fingerprint density at radius 1 is 1.05 bits per heavy atom. The van der Waals surface area contributed by atoms with Crippen molar-refractivity contribution in [3.8, 4) is 0 Å². The van der Waals surface area contributed by atoms with Gasteiger partial charge in [-0.1, -0.05) is 17.7 Å². The van der Waals surface area contributed by atoms with Gasteiger partial charge in [-0.15, -0.1) is 11.3 Å². The van der Waals surface area contributed by atoms with E-state index in [9.17, 15) is 9.59 Å². The minimum atomic E-state index is -0.216. The number of benzene rings is 1. The first-order valence-corrected chi connectivity index (χ1v) is 7.42. The molecule has 0 unspecified atom stereocenters. The number of amides is 2. The fraction of sp³-hybridized carbons (Fsp3) is 0.200. The lowest BCUT2D eigenvalue weighted by Gasteiger charge is -2.07. The fourth-order valence-corrected chi connectivity index (χ4v) is 2.48. The van der Waals surface area contributed by atoms with Crippen LogP contribution < -0.4 is 16.4 Å². The maximum absolute atomic E-state index is 11.8. The van der Waals surface area contributed by atoms with Gasteiger partial charge in [0, 0.05) is 18.7 Å². The SMILES string of the molecule is Cc1ccc(C(=O)NCCNC(=O)c2sccc2N)cc1. The van der Waals surface area contributed by atoms with Crippen molar-refractivity contribution in [2.75, 3.05) is 18.8 Å². The van der Waals surface area contributed by atoms with Gasteiger partial charge in [-0.25, -0.2) is 0 Å². The van der Waals surface area contributed by atoms with Crippen LogP contribution in [0.4, 0.5) is 5.69 Å². The normalized spacial score (nSPS) is 10.1. The summed E-state index contributed by atoms with van der Waals surface area (Å²) >= 11 is 1.30. The summed E-state index contributed by atoms with van der Waals surface area (Å²) < 4.78 is 0. The predicted octanol–water partition coefficient (Wildman–Crippen LogP) is 1.80. The van der Waals surface area contributed by atoms with E-state index in [2.05, 4.69) is 10.6 Å². The number of hydrogen-bond acceptors (Lipinski definition) is 4. The molecule has 1 aromatic heterocycles. The number of nitrogens with two attached hydrogens (primary N) is 1. The van der Waals surface area contributed by atoms with Crippen LogP contribution >= 0.6 is 11.3 Å². The van der Waals surface area contributed by atoms with Crippen molar-refractivity contribution in [3.05, 3.63) is 51.7 Å². The van der Waals surface area contributed by atoms with Crippen LogP contribution in [-0.4, -0.2) is 24.9 Å². The molecule has 0 bridgehead atoms. The zero-order valence-corrected chi connectivity index (χ0v) is 12.5. The Labute approximate surface area is 127 Å². The number of aryl methyl sites for hydroxylation is 1. The zero-order valence-electron chi connectivity index (χ0n) is 11.7. The number of anilines is 1. The molecule has 1 aromatic carbocycles. The van der Waals surface area contributed by atoms with Gasteiger partial charge in [-0.2, -0.15) is 0 Å². The molecule has 2 rings (SSSR count). The third-order valence-electron chi connectivity index (χ3n) is 2.91. The highest BCUT2D eigenvalue weighted by Crippen LogP contribution is 2.17. The van der Waals surface area contributed by atoms with Gasteiger partial charge in [0.2, 0.25) is 0 Å². The van der Waals surface area contributed by atoms with Gasteiger partial charge in [0.05, 0.1) is 5.69 Å². The second-order valence-corrected chi connectivity index (χ2v) is 5.50. The number of thiophene rings is 1. The Morgan fingerprint density at radius 2 is 1.67 bits per heavy atom. The first kappa shape index (κ1) is 15.1. The third kappa shape index (κ3) is 4.06. The van der Waals surface area contributed by atoms with Gasteiger partial charge in [-0.05, 0) is 30.5 Å². The largest absolute Gasteiger partial charge is 0.397 e. The van der Waals surface area contributed by atoms with Crippen LogP contribution in [0.5, 0.6) is 0 Å². The summed E-state index contributed by atoms with van der Waals surface area (Å²) in [5, 5.41) is 7.24. The molecule has 110 valence electrons. The smallest absolute Gasteiger partial charge is 0.263 e. The molecule has 6 heteroatoms. The molecule has 21 heavy (non-hydrogen) atoms. The highest BCUT2D eigenvalue weighted by molar-refractivity contribution is 7.12. The first-order valence-electron chi connectivity index (χ1n) is 6.54. The summed E-state index contributed by atoms with van der Waals surface area (Å²) in [5.74, 6) is -0.369. The molecule has 2 aromatic rings. The van der Waals surface area contributed by atoms with Crippen molar-refractivity contribution in [2.45, 2.75) is 6.92 Å². The highest BCUT2D eigenvalue weighted by Gasteiger charge is 2.10. The van der Waals surface area contributed by atoms with Crippen molar-refractivity contribution in [1.29, 1.82) is 0 Å². The Morgan fingerprint density at radius 3 is 2.24 bits per heavy atom. The lowest BCUT2D eigenvalue weighted by atomic mass is 10.1. The average Bonchev–Trinajstić information content (AvgIpc) is 2.90. The van der Waals surface area contributed by atoms with E-state index in [1.807, 2.05) is 19.1 Å². The number of hydrogen-bond donors (Lipinski definition) is 3. The van der Waals surface area contributed by atoms with E-state index in [1.165, 1.54) is 11.3 Å². The summed E-state index contributed by atoms with van der Waals surface area (Å²) in [6, 6.07) is 9.01. The molecule has 0 saturated heterocycles. The number of nitrogen functional groups attached to an aromatic ring is 1. The summed E-state index contributed by atoms with van der Waals surface area (Å²) in [4.78, 5) is 24.1.